The van der Waals surface area contributed by atoms with Crippen molar-refractivity contribution in [1.29, 1.82) is 0 Å². The smallest absolute Gasteiger partial charge is 0.338 e. The minimum atomic E-state index is -0.707. The average molecular weight is 390 g/mol. The van der Waals surface area contributed by atoms with Gasteiger partial charge >= 0.3 is 11.9 Å². The summed E-state index contributed by atoms with van der Waals surface area (Å²) in [6, 6.07) is 17.7. The second-order valence-corrected chi connectivity index (χ2v) is 7.55. The number of rotatable bonds is 7. The lowest BCUT2D eigenvalue weighted by molar-refractivity contribution is -0.154. The van der Waals surface area contributed by atoms with Crippen molar-refractivity contribution in [1.82, 2.24) is 0 Å². The normalized spacial score (nSPS) is 13.1. The Hall–Kier alpha value is -3.14. The topological polar surface area (TPSA) is 52.6 Å². The molecule has 0 saturated heterocycles. The molecule has 3 aromatic carbocycles. The molecular weight excluding hydrogens is 364 g/mol. The first-order valence-electron chi connectivity index (χ1n) is 9.81. The van der Waals surface area contributed by atoms with Crippen LogP contribution in [-0.2, 0) is 14.3 Å². The van der Waals surface area contributed by atoms with E-state index in [0.29, 0.717) is 24.0 Å². The largest absolute Gasteiger partial charge is 0.462 e. The second kappa shape index (κ2) is 8.48. The summed E-state index contributed by atoms with van der Waals surface area (Å²) in [5.74, 6) is -0.808. The highest BCUT2D eigenvalue weighted by Crippen LogP contribution is 2.29. The molecule has 0 heterocycles. The third-order valence-electron chi connectivity index (χ3n) is 5.29. The number of carbonyl (C=O) groups excluding carboxylic acids is 2. The van der Waals surface area contributed by atoms with Crippen molar-refractivity contribution in [2.45, 2.75) is 39.2 Å². The summed E-state index contributed by atoms with van der Waals surface area (Å²) in [4.78, 5) is 24.7. The Kier molecular flexibility index (Phi) is 6.02. The zero-order valence-corrected chi connectivity index (χ0v) is 17.2. The van der Waals surface area contributed by atoms with Crippen molar-refractivity contribution in [3.8, 4) is 0 Å². The summed E-state index contributed by atoms with van der Waals surface area (Å²) in [5.41, 5.74) is 0.183. The van der Waals surface area contributed by atoms with Gasteiger partial charge in [-0.2, -0.15) is 0 Å². The van der Waals surface area contributed by atoms with E-state index in [1.54, 1.807) is 13.0 Å². The van der Waals surface area contributed by atoms with Crippen LogP contribution < -0.4 is 0 Å². The number of esters is 2. The molecule has 0 spiro atoms. The van der Waals surface area contributed by atoms with Gasteiger partial charge in [-0.25, -0.2) is 9.59 Å². The highest BCUT2D eigenvalue weighted by Gasteiger charge is 2.27. The Bertz CT molecular complexity index is 1080. The molecule has 0 radical (unpaired) electrons. The lowest BCUT2D eigenvalue weighted by Gasteiger charge is -2.28. The van der Waals surface area contributed by atoms with E-state index in [0.717, 1.165) is 21.5 Å². The number of ether oxygens (including phenoxy) is 2. The van der Waals surface area contributed by atoms with Crippen LogP contribution in [0.15, 0.2) is 66.7 Å². The maximum absolute atomic E-state index is 12.9. The molecule has 0 aliphatic rings. The fourth-order valence-corrected chi connectivity index (χ4v) is 3.28. The monoisotopic (exact) mass is 390 g/mol. The molecule has 0 aliphatic carbocycles. The summed E-state index contributed by atoms with van der Waals surface area (Å²) >= 11 is 0. The molecule has 0 fully saturated rings. The van der Waals surface area contributed by atoms with Gasteiger partial charge in [-0.3, -0.25) is 0 Å². The lowest BCUT2D eigenvalue weighted by Crippen LogP contribution is -2.33. The molecule has 150 valence electrons. The van der Waals surface area contributed by atoms with Crippen LogP contribution in [0.5, 0.6) is 0 Å². The van der Waals surface area contributed by atoms with Gasteiger partial charge in [0.05, 0.1) is 12.2 Å². The standard InChI is InChI=1S/C25H26O4/c1-5-25(4,29-23(26)17(2)3)15-16-28-24(27)21-12-8-10-19-14-13-18-9-6-7-11-20(18)22(19)21/h6-14H,2,5,15-16H2,1,3-4H3. The molecule has 0 saturated carbocycles. The first kappa shape index (κ1) is 20.6. The van der Waals surface area contributed by atoms with Crippen molar-refractivity contribution in [2.75, 3.05) is 6.61 Å². The Morgan fingerprint density at radius 1 is 1.00 bits per heavy atom. The van der Waals surface area contributed by atoms with Crippen LogP contribution in [0.4, 0.5) is 0 Å². The molecule has 29 heavy (non-hydrogen) atoms. The molecule has 3 rings (SSSR count). The van der Waals surface area contributed by atoms with Gasteiger partial charge < -0.3 is 9.47 Å². The van der Waals surface area contributed by atoms with Crippen molar-refractivity contribution < 1.29 is 19.1 Å². The maximum atomic E-state index is 12.9. The van der Waals surface area contributed by atoms with Crippen LogP contribution in [-0.4, -0.2) is 24.1 Å². The van der Waals surface area contributed by atoms with E-state index >= 15 is 0 Å². The van der Waals surface area contributed by atoms with E-state index in [2.05, 4.69) is 12.6 Å². The summed E-state index contributed by atoms with van der Waals surface area (Å²) in [6.07, 6.45) is 1.03. The van der Waals surface area contributed by atoms with Gasteiger partial charge in [-0.05, 0) is 42.5 Å². The lowest BCUT2D eigenvalue weighted by atomic mass is 9.97. The van der Waals surface area contributed by atoms with E-state index in [1.807, 2.05) is 56.3 Å². The van der Waals surface area contributed by atoms with Gasteiger partial charge in [0.15, 0.2) is 0 Å². The molecule has 0 amide bonds. The zero-order valence-electron chi connectivity index (χ0n) is 17.2. The Labute approximate surface area is 171 Å². The molecule has 1 atom stereocenters. The Balaban J connectivity index is 1.79. The number of hydrogen-bond donors (Lipinski definition) is 0. The van der Waals surface area contributed by atoms with Crippen LogP contribution in [0, 0.1) is 0 Å². The van der Waals surface area contributed by atoms with Crippen LogP contribution >= 0.6 is 0 Å². The number of carbonyl (C=O) groups is 2. The molecule has 0 N–H and O–H groups in total. The maximum Gasteiger partial charge on any atom is 0.338 e. The molecule has 3 aromatic rings. The van der Waals surface area contributed by atoms with Gasteiger partial charge in [0.1, 0.15) is 5.60 Å². The minimum absolute atomic E-state index is 0.161. The highest BCUT2D eigenvalue weighted by molar-refractivity contribution is 6.16. The molecule has 4 heteroatoms. The third kappa shape index (κ3) is 4.48. The molecule has 0 bridgehead atoms. The van der Waals surface area contributed by atoms with Gasteiger partial charge in [0, 0.05) is 17.4 Å². The van der Waals surface area contributed by atoms with Crippen LogP contribution in [0.2, 0.25) is 0 Å². The van der Waals surface area contributed by atoms with E-state index in [9.17, 15) is 9.59 Å². The third-order valence-corrected chi connectivity index (χ3v) is 5.29. The number of benzene rings is 3. The average Bonchev–Trinajstić information content (AvgIpc) is 2.72. The summed E-state index contributed by atoms with van der Waals surface area (Å²) in [6.45, 7) is 9.17. The van der Waals surface area contributed by atoms with E-state index in [-0.39, 0.29) is 12.6 Å². The van der Waals surface area contributed by atoms with Gasteiger partial charge in [-0.1, -0.05) is 62.0 Å². The predicted molar refractivity (Wildman–Crippen MR) is 116 cm³/mol. The summed E-state index contributed by atoms with van der Waals surface area (Å²) in [5, 5.41) is 3.98. The predicted octanol–water partition coefficient (Wildman–Crippen LogP) is 5.83. The first-order chi connectivity index (χ1) is 13.8. The molecule has 0 aromatic heterocycles. The van der Waals surface area contributed by atoms with Gasteiger partial charge in [0.25, 0.3) is 0 Å². The first-order valence-corrected chi connectivity index (χ1v) is 9.81. The van der Waals surface area contributed by atoms with E-state index < -0.39 is 11.6 Å². The molecule has 1 unspecified atom stereocenters. The zero-order chi connectivity index (χ0) is 21.0. The highest BCUT2D eigenvalue weighted by atomic mass is 16.6. The SMILES string of the molecule is C=C(C)C(=O)OC(C)(CC)CCOC(=O)c1cccc2ccc3ccccc3c12. The quantitative estimate of drug-likeness (QED) is 0.289. The molecule has 4 nitrogen and oxygen atoms in total. The van der Waals surface area contributed by atoms with Gasteiger partial charge in [-0.15, -0.1) is 0 Å². The van der Waals surface area contributed by atoms with Crippen LogP contribution in [0.1, 0.15) is 44.0 Å². The van der Waals surface area contributed by atoms with E-state index in [1.165, 1.54) is 0 Å². The minimum Gasteiger partial charge on any atom is -0.462 e. The Morgan fingerprint density at radius 3 is 2.41 bits per heavy atom. The van der Waals surface area contributed by atoms with E-state index in [4.69, 9.17) is 9.47 Å². The van der Waals surface area contributed by atoms with Crippen molar-refractivity contribution >= 4 is 33.5 Å². The number of fused-ring (bicyclic) bond motifs is 3. The van der Waals surface area contributed by atoms with Gasteiger partial charge in [0.2, 0.25) is 0 Å². The molecule has 0 aliphatic heterocycles. The van der Waals surface area contributed by atoms with Crippen LogP contribution in [0.3, 0.4) is 0 Å². The Morgan fingerprint density at radius 2 is 1.69 bits per heavy atom. The second-order valence-electron chi connectivity index (χ2n) is 7.55. The summed E-state index contributed by atoms with van der Waals surface area (Å²) < 4.78 is 11.1. The molecular formula is C25H26O4. The fraction of sp³-hybridized carbons (Fsp3) is 0.280. The van der Waals surface area contributed by atoms with Crippen molar-refractivity contribution in [2.24, 2.45) is 0 Å². The van der Waals surface area contributed by atoms with Crippen LogP contribution in [0.25, 0.3) is 21.5 Å². The van der Waals surface area contributed by atoms with Crippen molar-refractivity contribution in [3.63, 3.8) is 0 Å². The number of hydrogen-bond acceptors (Lipinski definition) is 4. The fourth-order valence-electron chi connectivity index (χ4n) is 3.28. The van der Waals surface area contributed by atoms with Crippen molar-refractivity contribution in [3.05, 3.63) is 72.3 Å². The summed E-state index contributed by atoms with van der Waals surface area (Å²) in [7, 11) is 0.